The Morgan fingerprint density at radius 2 is 1.92 bits per heavy atom. The SMILES string of the molecule is CC1(NC(=O)C2CC2(C)C)CNC1. The second-order valence-corrected chi connectivity index (χ2v) is 5.40. The van der Waals surface area contributed by atoms with Crippen molar-refractivity contribution in [2.45, 2.75) is 32.7 Å². The second kappa shape index (κ2) is 2.47. The predicted molar refractivity (Wildman–Crippen MR) is 51.3 cm³/mol. The molecule has 13 heavy (non-hydrogen) atoms. The lowest BCUT2D eigenvalue weighted by atomic mass is 9.94. The van der Waals surface area contributed by atoms with Gasteiger partial charge >= 0.3 is 0 Å². The van der Waals surface area contributed by atoms with E-state index in [9.17, 15) is 4.79 Å². The highest BCUT2D eigenvalue weighted by Crippen LogP contribution is 2.51. The summed E-state index contributed by atoms with van der Waals surface area (Å²) in [5, 5.41) is 6.28. The number of hydrogen-bond donors (Lipinski definition) is 2. The molecule has 2 N–H and O–H groups in total. The Kier molecular flexibility index (Phi) is 1.71. The molecule has 0 aromatic rings. The molecule has 3 heteroatoms. The molecule has 0 aromatic heterocycles. The van der Waals surface area contributed by atoms with Crippen LogP contribution < -0.4 is 10.6 Å². The molecule has 0 spiro atoms. The first kappa shape index (κ1) is 9.00. The number of hydrogen-bond acceptors (Lipinski definition) is 2. The molecule has 2 aliphatic rings. The molecule has 3 nitrogen and oxygen atoms in total. The number of amides is 1. The zero-order chi connectivity index (χ0) is 9.69. The minimum Gasteiger partial charge on any atom is -0.348 e. The van der Waals surface area contributed by atoms with Crippen molar-refractivity contribution < 1.29 is 4.79 Å². The van der Waals surface area contributed by atoms with Crippen LogP contribution in [0.2, 0.25) is 0 Å². The summed E-state index contributed by atoms with van der Waals surface area (Å²) in [6.45, 7) is 8.21. The summed E-state index contributed by atoms with van der Waals surface area (Å²) >= 11 is 0. The fourth-order valence-electron chi connectivity index (χ4n) is 1.89. The van der Waals surface area contributed by atoms with E-state index in [1.54, 1.807) is 0 Å². The van der Waals surface area contributed by atoms with Gasteiger partial charge in [0, 0.05) is 19.0 Å². The fraction of sp³-hybridized carbons (Fsp3) is 0.900. The van der Waals surface area contributed by atoms with Crippen molar-refractivity contribution in [3.8, 4) is 0 Å². The summed E-state index contributed by atoms with van der Waals surface area (Å²) in [7, 11) is 0. The summed E-state index contributed by atoms with van der Waals surface area (Å²) in [6, 6.07) is 0. The third-order valence-electron chi connectivity index (χ3n) is 3.29. The average Bonchev–Trinajstić information content (AvgIpc) is 2.57. The van der Waals surface area contributed by atoms with Gasteiger partial charge in [-0.05, 0) is 18.8 Å². The summed E-state index contributed by atoms with van der Waals surface area (Å²) in [5.41, 5.74) is 0.271. The van der Waals surface area contributed by atoms with Crippen LogP contribution in [0.1, 0.15) is 27.2 Å². The first-order chi connectivity index (χ1) is 5.93. The molecule has 0 aromatic carbocycles. The summed E-state index contributed by atoms with van der Waals surface area (Å²) in [4.78, 5) is 11.7. The Morgan fingerprint density at radius 1 is 1.38 bits per heavy atom. The molecule has 1 aliphatic carbocycles. The zero-order valence-electron chi connectivity index (χ0n) is 8.61. The van der Waals surface area contributed by atoms with E-state index in [0.29, 0.717) is 0 Å². The Labute approximate surface area is 79.3 Å². The van der Waals surface area contributed by atoms with Crippen LogP contribution in [-0.4, -0.2) is 24.5 Å². The molecular weight excluding hydrogens is 164 g/mol. The molecule has 1 saturated heterocycles. The minimum absolute atomic E-state index is 0.0236. The number of nitrogens with one attached hydrogen (secondary N) is 2. The molecule has 2 fully saturated rings. The van der Waals surface area contributed by atoms with E-state index in [1.807, 2.05) is 0 Å². The van der Waals surface area contributed by atoms with Gasteiger partial charge in [-0.3, -0.25) is 4.79 Å². The molecule has 74 valence electrons. The van der Waals surface area contributed by atoms with Crippen LogP contribution in [0.25, 0.3) is 0 Å². The highest BCUT2D eigenvalue weighted by atomic mass is 16.2. The molecular formula is C10H18N2O. The molecule has 0 bridgehead atoms. The molecule has 1 aliphatic heterocycles. The molecule has 0 radical (unpaired) electrons. The van der Waals surface area contributed by atoms with Crippen molar-refractivity contribution in [2.75, 3.05) is 13.1 Å². The number of carbonyl (C=O) groups is 1. The Morgan fingerprint density at radius 3 is 2.23 bits per heavy atom. The largest absolute Gasteiger partial charge is 0.348 e. The summed E-state index contributed by atoms with van der Waals surface area (Å²) in [5.74, 6) is 0.499. The number of carbonyl (C=O) groups excluding carboxylic acids is 1. The van der Waals surface area contributed by atoms with Crippen LogP contribution in [0, 0.1) is 11.3 Å². The smallest absolute Gasteiger partial charge is 0.224 e. The molecule has 1 unspecified atom stereocenters. The highest BCUT2D eigenvalue weighted by molar-refractivity contribution is 5.83. The van der Waals surface area contributed by atoms with Gasteiger partial charge in [0.2, 0.25) is 5.91 Å². The van der Waals surface area contributed by atoms with Crippen molar-refractivity contribution in [2.24, 2.45) is 11.3 Å². The maximum Gasteiger partial charge on any atom is 0.224 e. The predicted octanol–water partition coefficient (Wildman–Crippen LogP) is 0.511. The fourth-order valence-corrected chi connectivity index (χ4v) is 1.89. The Balaban J connectivity index is 1.86. The first-order valence-corrected chi connectivity index (χ1v) is 4.96. The summed E-state index contributed by atoms with van der Waals surface area (Å²) < 4.78 is 0. The highest BCUT2D eigenvalue weighted by Gasteiger charge is 2.52. The lowest BCUT2D eigenvalue weighted by Gasteiger charge is -2.40. The molecule has 1 atom stereocenters. The standard InChI is InChI=1S/C10H18N2O/c1-9(2)4-7(9)8(13)12-10(3)5-11-6-10/h7,11H,4-6H2,1-3H3,(H,12,13). The van der Waals surface area contributed by atoms with Crippen LogP contribution >= 0.6 is 0 Å². The van der Waals surface area contributed by atoms with Gasteiger partial charge in [0.15, 0.2) is 0 Å². The van der Waals surface area contributed by atoms with E-state index in [1.165, 1.54) is 0 Å². The van der Waals surface area contributed by atoms with E-state index in [0.717, 1.165) is 19.5 Å². The molecule has 1 amide bonds. The van der Waals surface area contributed by atoms with Crippen molar-refractivity contribution in [3.63, 3.8) is 0 Å². The van der Waals surface area contributed by atoms with Gasteiger partial charge in [0.1, 0.15) is 0 Å². The van der Waals surface area contributed by atoms with Crippen molar-refractivity contribution in [1.82, 2.24) is 10.6 Å². The van der Waals surface area contributed by atoms with Crippen LogP contribution in [-0.2, 0) is 4.79 Å². The number of rotatable bonds is 2. The maximum atomic E-state index is 11.7. The van der Waals surface area contributed by atoms with Crippen LogP contribution in [0.5, 0.6) is 0 Å². The van der Waals surface area contributed by atoms with Crippen molar-refractivity contribution in [1.29, 1.82) is 0 Å². The van der Waals surface area contributed by atoms with Crippen LogP contribution in [0.3, 0.4) is 0 Å². The quantitative estimate of drug-likeness (QED) is 0.653. The third-order valence-corrected chi connectivity index (χ3v) is 3.29. The van der Waals surface area contributed by atoms with Gasteiger partial charge in [-0.1, -0.05) is 13.8 Å². The topological polar surface area (TPSA) is 41.1 Å². The normalized spacial score (nSPS) is 33.3. The Bertz CT molecular complexity index is 243. The van der Waals surface area contributed by atoms with Gasteiger partial charge < -0.3 is 10.6 Å². The van der Waals surface area contributed by atoms with Crippen LogP contribution in [0.4, 0.5) is 0 Å². The van der Waals surface area contributed by atoms with Gasteiger partial charge in [-0.15, -0.1) is 0 Å². The molecule has 1 heterocycles. The van der Waals surface area contributed by atoms with Crippen molar-refractivity contribution in [3.05, 3.63) is 0 Å². The van der Waals surface area contributed by atoms with Gasteiger partial charge in [-0.25, -0.2) is 0 Å². The van der Waals surface area contributed by atoms with E-state index in [-0.39, 0.29) is 22.8 Å². The van der Waals surface area contributed by atoms with Gasteiger partial charge in [0.05, 0.1) is 5.54 Å². The minimum atomic E-state index is 0.0236. The van der Waals surface area contributed by atoms with E-state index < -0.39 is 0 Å². The lowest BCUT2D eigenvalue weighted by molar-refractivity contribution is -0.125. The van der Waals surface area contributed by atoms with Crippen molar-refractivity contribution >= 4 is 5.91 Å². The summed E-state index contributed by atoms with van der Waals surface area (Å²) in [6.07, 6.45) is 1.04. The van der Waals surface area contributed by atoms with Gasteiger partial charge in [0.25, 0.3) is 0 Å². The lowest BCUT2D eigenvalue weighted by Crippen LogP contribution is -2.67. The third kappa shape index (κ3) is 1.57. The molecule has 1 saturated carbocycles. The average molecular weight is 182 g/mol. The Hall–Kier alpha value is -0.570. The first-order valence-electron chi connectivity index (χ1n) is 4.96. The monoisotopic (exact) mass is 182 g/mol. The maximum absolute atomic E-state index is 11.7. The van der Waals surface area contributed by atoms with Crippen LogP contribution in [0.15, 0.2) is 0 Å². The zero-order valence-corrected chi connectivity index (χ0v) is 8.61. The van der Waals surface area contributed by atoms with E-state index >= 15 is 0 Å². The van der Waals surface area contributed by atoms with Gasteiger partial charge in [-0.2, -0.15) is 0 Å². The van der Waals surface area contributed by atoms with E-state index in [4.69, 9.17) is 0 Å². The second-order valence-electron chi connectivity index (χ2n) is 5.40. The van der Waals surface area contributed by atoms with E-state index in [2.05, 4.69) is 31.4 Å². The molecule has 2 rings (SSSR count).